The minimum atomic E-state index is -0.407. The highest BCUT2D eigenvalue weighted by Crippen LogP contribution is 2.53. The molecule has 246 valence electrons. The normalized spacial score (nSPS) is 38.0. The van der Waals surface area contributed by atoms with Crippen molar-refractivity contribution in [2.24, 2.45) is 50.2 Å². The van der Waals surface area contributed by atoms with E-state index in [0.717, 1.165) is 57.8 Å². The maximum atomic E-state index is 14.5. The van der Waals surface area contributed by atoms with Crippen LogP contribution in [-0.4, -0.2) is 13.7 Å². The Hall–Kier alpha value is -1.59. The van der Waals surface area contributed by atoms with Gasteiger partial charge < -0.3 is 0 Å². The number of nitrogens with zero attached hydrogens (tertiary/aromatic N) is 3. The first-order valence-corrected chi connectivity index (χ1v) is 17.3. The molecule has 7 atom stereocenters. The monoisotopic (exact) mass is 600 g/mol. The van der Waals surface area contributed by atoms with Crippen LogP contribution in [0.5, 0.6) is 0 Å². The molecule has 3 aliphatic rings. The zero-order chi connectivity index (χ0) is 32.6. The third-order valence-electron chi connectivity index (χ3n) is 11.7. The summed E-state index contributed by atoms with van der Waals surface area (Å²) in [7, 11) is 0. The first kappa shape index (κ1) is 34.3. The fourth-order valence-corrected chi connectivity index (χ4v) is 12.2. The summed E-state index contributed by atoms with van der Waals surface area (Å²) in [6, 6.07) is -0.309. The van der Waals surface area contributed by atoms with Gasteiger partial charge >= 0.3 is 17.1 Å². The van der Waals surface area contributed by atoms with Crippen LogP contribution in [0.2, 0.25) is 0 Å². The van der Waals surface area contributed by atoms with Crippen molar-refractivity contribution < 1.29 is 0 Å². The van der Waals surface area contributed by atoms with Crippen LogP contribution >= 0.6 is 0 Å². The van der Waals surface area contributed by atoms with Crippen LogP contribution in [0.3, 0.4) is 0 Å². The molecule has 7 unspecified atom stereocenters. The molecule has 1 aromatic heterocycles. The highest BCUT2D eigenvalue weighted by molar-refractivity contribution is 4.99. The average Bonchev–Trinajstić information content (AvgIpc) is 2.74. The summed E-state index contributed by atoms with van der Waals surface area (Å²) in [5, 5.41) is 0. The fourth-order valence-electron chi connectivity index (χ4n) is 12.2. The molecule has 6 heteroatoms. The standard InChI is InChI=1S/C37H65N3O3/c1-25-14-32(5,6)20-35(11,17-25)23-38-29(41)39(24-36(12)18-26(2)15-33(7,8)21-36)31(43)40(30(38)42)28(4)37(13)19-27(3)16-34(9,10)22-37/h25-28H,14-24H2,1-13H3. The van der Waals surface area contributed by atoms with Crippen molar-refractivity contribution in [3.63, 3.8) is 0 Å². The number of hydrogen-bond donors (Lipinski definition) is 0. The first-order chi connectivity index (χ1) is 19.4. The predicted octanol–water partition coefficient (Wildman–Crippen LogP) is 8.29. The molecule has 0 bridgehead atoms. The molecule has 0 amide bonds. The van der Waals surface area contributed by atoms with Gasteiger partial charge in [-0.25, -0.2) is 28.1 Å². The van der Waals surface area contributed by atoms with Crippen LogP contribution in [0.25, 0.3) is 0 Å². The Kier molecular flexibility index (Phi) is 8.80. The zero-order valence-corrected chi connectivity index (χ0v) is 30.2. The summed E-state index contributed by atoms with van der Waals surface area (Å²) in [5.74, 6) is 1.55. The molecule has 0 aromatic carbocycles. The van der Waals surface area contributed by atoms with Crippen molar-refractivity contribution in [1.82, 2.24) is 13.7 Å². The second-order valence-corrected chi connectivity index (χ2v) is 19.9. The van der Waals surface area contributed by atoms with Crippen LogP contribution in [-0.2, 0) is 13.1 Å². The highest BCUT2D eigenvalue weighted by atomic mass is 16.2. The second kappa shape index (κ2) is 11.0. The van der Waals surface area contributed by atoms with Crippen molar-refractivity contribution in [3.05, 3.63) is 31.5 Å². The summed E-state index contributed by atoms with van der Waals surface area (Å²) in [4.78, 5) is 43.5. The summed E-state index contributed by atoms with van der Waals surface area (Å²) in [6.07, 6.45) is 9.22. The number of aromatic nitrogens is 3. The second-order valence-electron chi connectivity index (χ2n) is 19.9. The van der Waals surface area contributed by atoms with Crippen LogP contribution in [0, 0.1) is 50.2 Å². The lowest BCUT2D eigenvalue weighted by atomic mass is 9.58. The van der Waals surface area contributed by atoms with E-state index in [0.29, 0.717) is 30.8 Å². The van der Waals surface area contributed by atoms with Crippen LogP contribution in [0.15, 0.2) is 14.4 Å². The smallest absolute Gasteiger partial charge is 0.247 e. The Morgan fingerprint density at radius 2 is 0.907 bits per heavy atom. The quantitative estimate of drug-likeness (QED) is 0.330. The Morgan fingerprint density at radius 3 is 1.26 bits per heavy atom. The molecule has 1 heterocycles. The molecule has 0 radical (unpaired) electrons. The number of hydrogen-bond acceptors (Lipinski definition) is 3. The maximum absolute atomic E-state index is 14.5. The van der Waals surface area contributed by atoms with Gasteiger partial charge in [0.1, 0.15) is 0 Å². The van der Waals surface area contributed by atoms with Crippen LogP contribution in [0.1, 0.15) is 154 Å². The van der Waals surface area contributed by atoms with Gasteiger partial charge in [0.25, 0.3) is 0 Å². The lowest BCUT2D eigenvalue weighted by Gasteiger charge is -2.49. The van der Waals surface area contributed by atoms with Crippen molar-refractivity contribution in [3.8, 4) is 0 Å². The first-order valence-electron chi connectivity index (χ1n) is 17.3. The third-order valence-corrected chi connectivity index (χ3v) is 11.7. The van der Waals surface area contributed by atoms with Gasteiger partial charge in [-0.15, -0.1) is 0 Å². The van der Waals surface area contributed by atoms with Gasteiger partial charge in [0.15, 0.2) is 0 Å². The third kappa shape index (κ3) is 7.29. The molecule has 0 spiro atoms. The van der Waals surface area contributed by atoms with Crippen molar-refractivity contribution in [1.29, 1.82) is 0 Å². The molecule has 43 heavy (non-hydrogen) atoms. The van der Waals surface area contributed by atoms with Gasteiger partial charge in [-0.3, -0.25) is 0 Å². The summed E-state index contributed by atoms with van der Waals surface area (Å²) < 4.78 is 4.47. The fraction of sp³-hybridized carbons (Fsp3) is 0.919. The lowest BCUT2D eigenvalue weighted by molar-refractivity contribution is 0.0154. The lowest BCUT2D eigenvalue weighted by Crippen LogP contribution is -2.60. The minimum Gasteiger partial charge on any atom is -0.247 e. The molecule has 3 saturated carbocycles. The van der Waals surface area contributed by atoms with Gasteiger partial charge in [-0.05, 0) is 115 Å². The van der Waals surface area contributed by atoms with Gasteiger partial charge in [-0.2, -0.15) is 0 Å². The van der Waals surface area contributed by atoms with E-state index >= 15 is 0 Å². The van der Waals surface area contributed by atoms with E-state index in [2.05, 4.69) is 90.0 Å². The van der Waals surface area contributed by atoms with E-state index in [9.17, 15) is 14.4 Å². The molecular weight excluding hydrogens is 534 g/mol. The molecule has 6 nitrogen and oxygen atoms in total. The zero-order valence-electron chi connectivity index (χ0n) is 30.2. The predicted molar refractivity (Wildman–Crippen MR) is 179 cm³/mol. The number of rotatable bonds is 6. The van der Waals surface area contributed by atoms with Crippen LogP contribution < -0.4 is 17.1 Å². The Morgan fingerprint density at radius 1 is 0.558 bits per heavy atom. The summed E-state index contributed by atoms with van der Waals surface area (Å²) >= 11 is 0. The van der Waals surface area contributed by atoms with Gasteiger partial charge in [-0.1, -0.05) is 83.1 Å². The van der Waals surface area contributed by atoms with Crippen LogP contribution in [0.4, 0.5) is 0 Å². The average molecular weight is 600 g/mol. The van der Waals surface area contributed by atoms with E-state index in [4.69, 9.17) is 0 Å². The van der Waals surface area contributed by atoms with Gasteiger partial charge in [0.05, 0.1) is 0 Å². The molecule has 0 aliphatic heterocycles. The van der Waals surface area contributed by atoms with E-state index in [1.54, 1.807) is 0 Å². The molecule has 1 aromatic rings. The topological polar surface area (TPSA) is 66.0 Å². The van der Waals surface area contributed by atoms with E-state index in [1.807, 2.05) is 0 Å². The van der Waals surface area contributed by atoms with Crippen molar-refractivity contribution in [2.75, 3.05) is 0 Å². The minimum absolute atomic E-state index is 0.131. The Labute approximate surface area is 262 Å². The molecule has 4 rings (SSSR count). The van der Waals surface area contributed by atoms with E-state index in [-0.39, 0.29) is 38.5 Å². The molecule has 0 N–H and O–H groups in total. The Balaban J connectivity index is 1.89. The van der Waals surface area contributed by atoms with Crippen molar-refractivity contribution in [2.45, 2.75) is 167 Å². The molecule has 3 fully saturated rings. The molecule has 3 aliphatic carbocycles. The summed E-state index contributed by atoms with van der Waals surface area (Å²) in [6.45, 7) is 30.3. The Bertz CT molecular complexity index is 1300. The highest BCUT2D eigenvalue weighted by Gasteiger charge is 2.46. The SMILES string of the molecule is CC1CC(C)(C)CC(C)(Cn2c(=O)n(CC3(C)CC(C)CC(C)(C)C3)c(=O)n(C(C)C3(C)CC(C)CC(C)(C)C3)c2=O)C1. The largest absolute Gasteiger partial charge is 0.336 e. The van der Waals surface area contributed by atoms with E-state index in [1.165, 1.54) is 13.7 Å². The van der Waals surface area contributed by atoms with Gasteiger partial charge in [0, 0.05) is 19.1 Å². The van der Waals surface area contributed by atoms with E-state index < -0.39 is 17.1 Å². The molecular formula is C37H65N3O3. The summed E-state index contributed by atoms with van der Waals surface area (Å²) in [5.41, 5.74) is -1.40. The maximum Gasteiger partial charge on any atom is 0.336 e. The molecule has 0 saturated heterocycles. The van der Waals surface area contributed by atoms with Gasteiger partial charge in [0.2, 0.25) is 0 Å². The van der Waals surface area contributed by atoms with Crippen molar-refractivity contribution >= 4 is 0 Å².